The summed E-state index contributed by atoms with van der Waals surface area (Å²) in [6.45, 7) is 5.35. The van der Waals surface area contributed by atoms with Gasteiger partial charge in [0.2, 0.25) is 5.91 Å². The van der Waals surface area contributed by atoms with Crippen LogP contribution in [-0.4, -0.2) is 29.1 Å². The molecule has 0 radical (unpaired) electrons. The highest BCUT2D eigenvalue weighted by Gasteiger charge is 2.13. The lowest BCUT2D eigenvalue weighted by Crippen LogP contribution is -2.35. The number of carbonyl (C=O) groups is 2. The average molecular weight is 293 g/mol. The summed E-state index contributed by atoms with van der Waals surface area (Å²) in [5.74, 6) is -0.232. The smallest absolute Gasteiger partial charge is 0.303 e. The van der Waals surface area contributed by atoms with Gasteiger partial charge in [0.25, 0.3) is 0 Å². The summed E-state index contributed by atoms with van der Waals surface area (Å²) in [4.78, 5) is 21.9. The third-order valence-electron chi connectivity index (χ3n) is 2.87. The summed E-state index contributed by atoms with van der Waals surface area (Å²) in [6, 6.07) is 7.47. The van der Waals surface area contributed by atoms with Gasteiger partial charge in [-0.3, -0.25) is 9.59 Å². The van der Waals surface area contributed by atoms with Crippen LogP contribution in [0.3, 0.4) is 0 Å². The van der Waals surface area contributed by atoms with Crippen LogP contribution in [0, 0.1) is 0 Å². The van der Waals surface area contributed by atoms with Gasteiger partial charge in [-0.1, -0.05) is 12.1 Å². The maximum Gasteiger partial charge on any atom is 0.303 e. The molecule has 0 fully saturated rings. The molecule has 1 unspecified atom stereocenters. The van der Waals surface area contributed by atoms with Crippen molar-refractivity contribution in [1.82, 2.24) is 5.32 Å². The predicted molar refractivity (Wildman–Crippen MR) is 80.4 cm³/mol. The van der Waals surface area contributed by atoms with Gasteiger partial charge in [-0.15, -0.1) is 0 Å². The van der Waals surface area contributed by atoms with E-state index >= 15 is 0 Å². The minimum absolute atomic E-state index is 0.0349. The summed E-state index contributed by atoms with van der Waals surface area (Å²) in [7, 11) is 0. The summed E-state index contributed by atoms with van der Waals surface area (Å²) in [5, 5.41) is 11.6. The van der Waals surface area contributed by atoms with Crippen LogP contribution in [0.2, 0.25) is 0 Å². The zero-order chi connectivity index (χ0) is 15.8. The molecule has 5 nitrogen and oxygen atoms in total. The Morgan fingerprint density at radius 3 is 2.62 bits per heavy atom. The number of carboxylic acids is 1. The molecule has 0 saturated heterocycles. The number of aliphatic carboxylic acids is 1. The van der Waals surface area contributed by atoms with Crippen molar-refractivity contribution in [2.75, 3.05) is 0 Å². The van der Waals surface area contributed by atoms with E-state index in [0.29, 0.717) is 12.8 Å². The second-order valence-corrected chi connectivity index (χ2v) is 5.35. The number of hydrogen-bond acceptors (Lipinski definition) is 3. The molecule has 0 aliphatic heterocycles. The molecule has 5 heteroatoms. The highest BCUT2D eigenvalue weighted by atomic mass is 16.5. The Morgan fingerprint density at radius 2 is 2.05 bits per heavy atom. The Labute approximate surface area is 125 Å². The average Bonchev–Trinajstić information content (AvgIpc) is 2.35. The monoisotopic (exact) mass is 293 g/mol. The molecule has 0 aromatic heterocycles. The third kappa shape index (κ3) is 7.34. The lowest BCUT2D eigenvalue weighted by molar-refractivity contribution is -0.137. The van der Waals surface area contributed by atoms with Gasteiger partial charge in [-0.2, -0.15) is 0 Å². The first-order valence-corrected chi connectivity index (χ1v) is 7.11. The Morgan fingerprint density at radius 1 is 1.33 bits per heavy atom. The molecular weight excluding hydrogens is 270 g/mol. The van der Waals surface area contributed by atoms with Crippen LogP contribution in [0.15, 0.2) is 24.3 Å². The van der Waals surface area contributed by atoms with E-state index in [0.717, 1.165) is 11.3 Å². The van der Waals surface area contributed by atoms with Crippen molar-refractivity contribution in [3.05, 3.63) is 29.8 Å². The topological polar surface area (TPSA) is 75.6 Å². The minimum atomic E-state index is -0.859. The number of ether oxygens (including phenoxy) is 1. The van der Waals surface area contributed by atoms with Crippen LogP contribution in [0.1, 0.15) is 39.2 Å². The predicted octanol–water partition coefficient (Wildman–Crippen LogP) is 2.39. The van der Waals surface area contributed by atoms with E-state index in [4.69, 9.17) is 9.84 Å². The number of benzene rings is 1. The van der Waals surface area contributed by atoms with Crippen molar-refractivity contribution in [2.45, 2.75) is 52.2 Å². The van der Waals surface area contributed by atoms with Gasteiger partial charge >= 0.3 is 5.97 Å². The van der Waals surface area contributed by atoms with Crippen molar-refractivity contribution < 1.29 is 19.4 Å². The highest BCUT2D eigenvalue weighted by molar-refractivity contribution is 5.73. The first kappa shape index (κ1) is 17.0. The Balaban J connectivity index is 2.72. The first-order valence-electron chi connectivity index (χ1n) is 7.11. The van der Waals surface area contributed by atoms with Crippen molar-refractivity contribution in [2.24, 2.45) is 0 Å². The van der Waals surface area contributed by atoms with Crippen molar-refractivity contribution in [3.8, 4) is 5.75 Å². The Bertz CT molecular complexity index is 485. The lowest BCUT2D eigenvalue weighted by Gasteiger charge is -2.18. The highest BCUT2D eigenvalue weighted by Crippen LogP contribution is 2.17. The fourth-order valence-electron chi connectivity index (χ4n) is 2.11. The second kappa shape index (κ2) is 8.29. The molecule has 1 atom stereocenters. The summed E-state index contributed by atoms with van der Waals surface area (Å²) in [5.41, 5.74) is 1.01. The van der Waals surface area contributed by atoms with Gasteiger partial charge in [0, 0.05) is 19.4 Å². The molecule has 1 amide bonds. The lowest BCUT2D eigenvalue weighted by atomic mass is 10.0. The van der Waals surface area contributed by atoms with Gasteiger partial charge in [0.05, 0.1) is 6.10 Å². The largest absolute Gasteiger partial charge is 0.491 e. The van der Waals surface area contributed by atoms with Crippen molar-refractivity contribution >= 4 is 11.9 Å². The van der Waals surface area contributed by atoms with E-state index in [1.165, 1.54) is 6.92 Å². The number of carbonyl (C=O) groups excluding carboxylic acids is 1. The van der Waals surface area contributed by atoms with Crippen LogP contribution in [0.5, 0.6) is 5.75 Å². The Kier molecular flexibility index (Phi) is 6.72. The minimum Gasteiger partial charge on any atom is -0.491 e. The number of hydrogen-bond donors (Lipinski definition) is 2. The van der Waals surface area contributed by atoms with E-state index in [1.807, 2.05) is 38.1 Å². The molecule has 0 heterocycles. The molecule has 0 bridgehead atoms. The van der Waals surface area contributed by atoms with Crippen LogP contribution < -0.4 is 10.1 Å². The number of carboxylic acid groups (broad SMARTS) is 1. The molecule has 2 N–H and O–H groups in total. The van der Waals surface area contributed by atoms with E-state index < -0.39 is 5.97 Å². The summed E-state index contributed by atoms with van der Waals surface area (Å²) < 4.78 is 5.63. The van der Waals surface area contributed by atoms with E-state index in [-0.39, 0.29) is 24.5 Å². The molecule has 1 rings (SSSR count). The quantitative estimate of drug-likeness (QED) is 0.771. The number of nitrogens with one attached hydrogen (secondary N) is 1. The molecular formula is C16H23NO4. The van der Waals surface area contributed by atoms with Gasteiger partial charge in [0.15, 0.2) is 0 Å². The van der Waals surface area contributed by atoms with Crippen LogP contribution in [0.4, 0.5) is 0 Å². The molecule has 0 saturated carbocycles. The summed E-state index contributed by atoms with van der Waals surface area (Å²) >= 11 is 0. The van der Waals surface area contributed by atoms with Gasteiger partial charge in [0.1, 0.15) is 5.75 Å². The Hall–Kier alpha value is -2.04. The number of amides is 1. The van der Waals surface area contributed by atoms with E-state index in [1.54, 1.807) is 0 Å². The van der Waals surface area contributed by atoms with Gasteiger partial charge in [-0.25, -0.2) is 0 Å². The molecule has 0 aliphatic rings. The second-order valence-electron chi connectivity index (χ2n) is 5.35. The number of rotatable bonds is 8. The molecule has 1 aromatic carbocycles. The zero-order valence-electron chi connectivity index (χ0n) is 12.8. The SMILES string of the molecule is CC(=O)NC(CCC(=O)O)Cc1cccc(OC(C)C)c1. The van der Waals surface area contributed by atoms with E-state index in [2.05, 4.69) is 5.32 Å². The first-order chi connectivity index (χ1) is 9.86. The summed E-state index contributed by atoms with van der Waals surface area (Å²) in [6.07, 6.45) is 1.12. The van der Waals surface area contributed by atoms with Crippen LogP contribution in [-0.2, 0) is 16.0 Å². The normalized spacial score (nSPS) is 12.0. The standard InChI is InChI=1S/C16H23NO4/c1-11(2)21-15-6-4-5-13(10-15)9-14(17-12(3)18)7-8-16(19)20/h4-6,10-11,14H,7-9H2,1-3H3,(H,17,18)(H,19,20). The van der Waals surface area contributed by atoms with Crippen LogP contribution >= 0.6 is 0 Å². The van der Waals surface area contributed by atoms with Crippen LogP contribution in [0.25, 0.3) is 0 Å². The maximum atomic E-state index is 11.2. The molecule has 116 valence electrons. The van der Waals surface area contributed by atoms with Gasteiger partial charge in [-0.05, 0) is 44.4 Å². The maximum absolute atomic E-state index is 11.2. The molecule has 1 aromatic rings. The van der Waals surface area contributed by atoms with Crippen molar-refractivity contribution in [3.63, 3.8) is 0 Å². The van der Waals surface area contributed by atoms with Crippen molar-refractivity contribution in [1.29, 1.82) is 0 Å². The van der Waals surface area contributed by atoms with E-state index in [9.17, 15) is 9.59 Å². The third-order valence-corrected chi connectivity index (χ3v) is 2.87. The molecule has 0 aliphatic carbocycles. The zero-order valence-corrected chi connectivity index (χ0v) is 12.8. The molecule has 21 heavy (non-hydrogen) atoms. The molecule has 0 spiro atoms. The fraction of sp³-hybridized carbons (Fsp3) is 0.500. The van der Waals surface area contributed by atoms with Gasteiger partial charge < -0.3 is 15.2 Å². The fourth-order valence-corrected chi connectivity index (χ4v) is 2.11.